The van der Waals surface area contributed by atoms with E-state index in [1.165, 1.54) is 17.4 Å². The van der Waals surface area contributed by atoms with E-state index in [0.29, 0.717) is 22.1 Å². The van der Waals surface area contributed by atoms with E-state index >= 15 is 0 Å². The molecule has 1 aromatic heterocycles. The smallest absolute Gasteiger partial charge is 0.281 e. The Hall–Kier alpha value is -1.57. The summed E-state index contributed by atoms with van der Waals surface area (Å²) in [5.41, 5.74) is 0.343. The van der Waals surface area contributed by atoms with Crippen LogP contribution in [0.3, 0.4) is 0 Å². The summed E-state index contributed by atoms with van der Waals surface area (Å²) in [6, 6.07) is 4.53. The first-order valence-electron chi connectivity index (χ1n) is 6.28. The molecule has 21 heavy (non-hydrogen) atoms. The van der Waals surface area contributed by atoms with Crippen LogP contribution in [0.2, 0.25) is 5.02 Å². The number of nitrogens with zero attached hydrogens (tertiary/aromatic N) is 3. The van der Waals surface area contributed by atoms with E-state index in [2.05, 4.69) is 36.3 Å². The topological polar surface area (TPSA) is 81.0 Å². The first-order chi connectivity index (χ1) is 9.76. The lowest BCUT2D eigenvalue weighted by atomic mass is 10.1. The van der Waals surface area contributed by atoms with E-state index in [-0.39, 0.29) is 11.2 Å². The highest BCUT2D eigenvalue weighted by molar-refractivity contribution is 7.14. The maximum absolute atomic E-state index is 11.1. The molecule has 0 fully saturated rings. The molecule has 0 aliphatic carbocycles. The predicted molar refractivity (Wildman–Crippen MR) is 83.6 cm³/mol. The zero-order valence-corrected chi connectivity index (χ0v) is 13.5. The van der Waals surface area contributed by atoms with Crippen LogP contribution in [0.15, 0.2) is 18.2 Å². The number of benzene rings is 1. The van der Waals surface area contributed by atoms with Gasteiger partial charge in [-0.25, -0.2) is 0 Å². The Morgan fingerprint density at radius 2 is 2.10 bits per heavy atom. The second kappa shape index (κ2) is 6.05. The third-order valence-corrected chi connectivity index (χ3v) is 3.82. The van der Waals surface area contributed by atoms with Gasteiger partial charge in [-0.15, -0.1) is 10.2 Å². The quantitative estimate of drug-likeness (QED) is 0.685. The molecule has 8 heteroatoms. The Morgan fingerprint density at radius 1 is 1.38 bits per heavy atom. The van der Waals surface area contributed by atoms with Gasteiger partial charge >= 0.3 is 0 Å². The Kier molecular flexibility index (Phi) is 4.55. The van der Waals surface area contributed by atoms with E-state index in [1.807, 2.05) is 0 Å². The lowest BCUT2D eigenvalue weighted by molar-refractivity contribution is -0.384. The number of nitro groups is 1. The second-order valence-corrected chi connectivity index (χ2v) is 7.02. The van der Waals surface area contributed by atoms with Crippen molar-refractivity contribution < 1.29 is 4.92 Å². The first kappa shape index (κ1) is 15.8. The number of hydrogen-bond donors (Lipinski definition) is 1. The predicted octanol–water partition coefficient (Wildman–Crippen LogP) is 3.65. The lowest BCUT2D eigenvalue weighted by Crippen LogP contribution is -2.35. The van der Waals surface area contributed by atoms with Crippen molar-refractivity contribution in [3.63, 3.8) is 0 Å². The fourth-order valence-corrected chi connectivity index (χ4v) is 2.59. The normalized spacial score (nSPS) is 11.6. The zero-order chi connectivity index (χ0) is 15.6. The number of halogens is 1. The standard InChI is InChI=1S/C13H15ClN4O2S/c1-13(2,3)15-7-11-16-17-12(21-11)9-5-4-8(14)6-10(9)18(19)20/h4-6,15H,7H2,1-3H3. The molecule has 112 valence electrons. The van der Waals surface area contributed by atoms with Crippen LogP contribution in [0.5, 0.6) is 0 Å². The lowest BCUT2D eigenvalue weighted by Gasteiger charge is -2.19. The minimum atomic E-state index is -0.463. The van der Waals surface area contributed by atoms with E-state index in [0.717, 1.165) is 5.01 Å². The Morgan fingerprint density at radius 3 is 2.71 bits per heavy atom. The molecule has 0 saturated heterocycles. The Bertz CT molecular complexity index is 666. The van der Waals surface area contributed by atoms with Gasteiger partial charge in [0, 0.05) is 16.6 Å². The first-order valence-corrected chi connectivity index (χ1v) is 7.47. The van der Waals surface area contributed by atoms with Gasteiger partial charge in [-0.1, -0.05) is 22.9 Å². The van der Waals surface area contributed by atoms with Crippen molar-refractivity contribution in [1.29, 1.82) is 0 Å². The van der Waals surface area contributed by atoms with E-state index in [4.69, 9.17) is 11.6 Å². The maximum atomic E-state index is 11.1. The van der Waals surface area contributed by atoms with Crippen LogP contribution in [0.25, 0.3) is 10.6 Å². The molecule has 2 rings (SSSR count). The van der Waals surface area contributed by atoms with Crippen molar-refractivity contribution in [3.05, 3.63) is 38.3 Å². The van der Waals surface area contributed by atoms with Crippen molar-refractivity contribution >= 4 is 28.6 Å². The molecule has 1 N–H and O–H groups in total. The third kappa shape index (κ3) is 4.20. The molecular formula is C13H15ClN4O2S. The van der Waals surface area contributed by atoms with Crippen LogP contribution in [-0.2, 0) is 6.54 Å². The van der Waals surface area contributed by atoms with Crippen molar-refractivity contribution in [2.75, 3.05) is 0 Å². The second-order valence-electron chi connectivity index (χ2n) is 5.52. The number of hydrogen-bond acceptors (Lipinski definition) is 6. The zero-order valence-electron chi connectivity index (χ0n) is 11.9. The van der Waals surface area contributed by atoms with Gasteiger partial charge < -0.3 is 5.32 Å². The molecule has 0 bridgehead atoms. The molecule has 0 atom stereocenters. The van der Waals surface area contributed by atoms with E-state index in [9.17, 15) is 10.1 Å². The van der Waals surface area contributed by atoms with Gasteiger partial charge in [0.25, 0.3) is 5.69 Å². The summed E-state index contributed by atoms with van der Waals surface area (Å²) >= 11 is 7.14. The summed E-state index contributed by atoms with van der Waals surface area (Å²) in [6.07, 6.45) is 0. The van der Waals surface area contributed by atoms with Gasteiger partial charge in [-0.2, -0.15) is 0 Å². The molecule has 0 aliphatic heterocycles. The molecule has 1 heterocycles. The average Bonchev–Trinajstić information content (AvgIpc) is 2.84. The molecule has 0 amide bonds. The van der Waals surface area contributed by atoms with Crippen LogP contribution < -0.4 is 5.32 Å². The monoisotopic (exact) mass is 326 g/mol. The van der Waals surface area contributed by atoms with Gasteiger partial charge in [-0.3, -0.25) is 10.1 Å². The van der Waals surface area contributed by atoms with Crippen LogP contribution in [0, 0.1) is 10.1 Å². The average molecular weight is 327 g/mol. The summed E-state index contributed by atoms with van der Waals surface area (Å²) in [5, 5.41) is 24.1. The van der Waals surface area contributed by atoms with E-state index in [1.54, 1.807) is 12.1 Å². The maximum Gasteiger partial charge on any atom is 0.281 e. The Balaban J connectivity index is 2.28. The summed E-state index contributed by atoms with van der Waals surface area (Å²) in [7, 11) is 0. The SMILES string of the molecule is CC(C)(C)NCc1nnc(-c2ccc(Cl)cc2[N+](=O)[O-])s1. The molecule has 0 aliphatic rings. The number of aromatic nitrogens is 2. The highest BCUT2D eigenvalue weighted by Crippen LogP contribution is 2.33. The van der Waals surface area contributed by atoms with Crippen LogP contribution in [0.4, 0.5) is 5.69 Å². The van der Waals surface area contributed by atoms with Crippen LogP contribution in [-0.4, -0.2) is 20.7 Å². The molecule has 0 spiro atoms. The third-order valence-electron chi connectivity index (χ3n) is 2.62. The minimum absolute atomic E-state index is 0.0297. The molecule has 2 aromatic rings. The summed E-state index contributed by atoms with van der Waals surface area (Å²) in [4.78, 5) is 10.6. The van der Waals surface area contributed by atoms with Crippen molar-refractivity contribution in [2.45, 2.75) is 32.9 Å². The molecule has 0 unspecified atom stereocenters. The largest absolute Gasteiger partial charge is 0.306 e. The molecule has 0 saturated carbocycles. The highest BCUT2D eigenvalue weighted by atomic mass is 35.5. The van der Waals surface area contributed by atoms with Gasteiger partial charge in [0.05, 0.1) is 17.0 Å². The van der Waals surface area contributed by atoms with Gasteiger partial charge in [0.15, 0.2) is 5.01 Å². The van der Waals surface area contributed by atoms with Gasteiger partial charge in [0.1, 0.15) is 5.01 Å². The van der Waals surface area contributed by atoms with E-state index < -0.39 is 4.92 Å². The minimum Gasteiger partial charge on any atom is -0.306 e. The van der Waals surface area contributed by atoms with Crippen molar-refractivity contribution in [1.82, 2.24) is 15.5 Å². The van der Waals surface area contributed by atoms with Gasteiger partial charge in [-0.05, 0) is 32.9 Å². The molecular weight excluding hydrogens is 312 g/mol. The molecule has 1 aromatic carbocycles. The van der Waals surface area contributed by atoms with Crippen LogP contribution in [0.1, 0.15) is 25.8 Å². The summed E-state index contributed by atoms with van der Waals surface area (Å²) in [6.45, 7) is 6.74. The fraction of sp³-hybridized carbons (Fsp3) is 0.385. The summed E-state index contributed by atoms with van der Waals surface area (Å²) < 4.78 is 0. The molecule has 0 radical (unpaired) electrons. The van der Waals surface area contributed by atoms with Crippen LogP contribution >= 0.6 is 22.9 Å². The highest BCUT2D eigenvalue weighted by Gasteiger charge is 2.20. The van der Waals surface area contributed by atoms with Crippen molar-refractivity contribution in [3.8, 4) is 10.6 Å². The molecule has 6 nitrogen and oxygen atoms in total. The number of nitro benzene ring substituents is 1. The summed E-state index contributed by atoms with van der Waals surface area (Å²) in [5.74, 6) is 0. The fourth-order valence-electron chi connectivity index (χ4n) is 1.61. The Labute approximate surface area is 131 Å². The van der Waals surface area contributed by atoms with Crippen molar-refractivity contribution in [2.24, 2.45) is 0 Å². The number of rotatable bonds is 4. The van der Waals surface area contributed by atoms with Gasteiger partial charge in [0.2, 0.25) is 0 Å². The number of nitrogens with one attached hydrogen (secondary N) is 1.